The molecule has 0 unspecified atom stereocenters. The Kier molecular flexibility index (Phi) is 4.12. The Morgan fingerprint density at radius 3 is 1.55 bits per heavy atom. The van der Waals surface area contributed by atoms with Gasteiger partial charge in [0.2, 0.25) is 0 Å². The van der Waals surface area contributed by atoms with Crippen molar-refractivity contribution >= 4 is 0 Å². The van der Waals surface area contributed by atoms with Crippen molar-refractivity contribution in [2.24, 2.45) is 0 Å². The van der Waals surface area contributed by atoms with Crippen LogP contribution in [0.4, 0.5) is 39.5 Å². The van der Waals surface area contributed by atoms with Crippen molar-refractivity contribution in [1.82, 2.24) is 0 Å². The molecule has 0 amide bonds. The molecule has 0 spiro atoms. The smallest absolute Gasteiger partial charge is 0.430 e. The standard InChI is InChI=1S/C11H7F9O2/c1-4-6(21)3-2-5(7(4)9(12,13)14)8(22,10(15,16)17)11(18,19)20/h2-3,21-22H,1H3. The predicted molar refractivity (Wildman–Crippen MR) is 53.9 cm³/mol. The maximum Gasteiger partial charge on any atom is 0.430 e. The summed E-state index contributed by atoms with van der Waals surface area (Å²) in [7, 11) is 0. The third-order valence-electron chi connectivity index (χ3n) is 2.93. The number of hydrogen-bond donors (Lipinski definition) is 2. The van der Waals surface area contributed by atoms with E-state index >= 15 is 0 Å². The minimum atomic E-state index is -6.46. The minimum absolute atomic E-state index is 0.211. The van der Waals surface area contributed by atoms with Crippen molar-refractivity contribution in [2.45, 2.75) is 31.1 Å². The van der Waals surface area contributed by atoms with Gasteiger partial charge < -0.3 is 10.2 Å². The average molecular weight is 342 g/mol. The van der Waals surface area contributed by atoms with Crippen LogP contribution in [0.1, 0.15) is 16.7 Å². The third kappa shape index (κ3) is 2.69. The second-order valence-electron chi connectivity index (χ2n) is 4.34. The number of hydrogen-bond acceptors (Lipinski definition) is 2. The van der Waals surface area contributed by atoms with Crippen molar-refractivity contribution in [3.05, 3.63) is 28.8 Å². The topological polar surface area (TPSA) is 40.5 Å². The Balaban J connectivity index is 3.92. The molecule has 0 aliphatic heterocycles. The van der Waals surface area contributed by atoms with Crippen molar-refractivity contribution in [3.63, 3.8) is 0 Å². The van der Waals surface area contributed by atoms with Gasteiger partial charge in [0.05, 0.1) is 5.56 Å². The fraction of sp³-hybridized carbons (Fsp3) is 0.455. The number of alkyl halides is 9. The van der Waals surface area contributed by atoms with E-state index in [1.165, 1.54) is 0 Å². The molecule has 2 N–H and O–H groups in total. The van der Waals surface area contributed by atoms with Crippen LogP contribution in [0.3, 0.4) is 0 Å². The Morgan fingerprint density at radius 1 is 0.818 bits per heavy atom. The lowest BCUT2D eigenvalue weighted by molar-refractivity contribution is -0.377. The molecule has 11 heteroatoms. The molecule has 0 aliphatic carbocycles. The summed E-state index contributed by atoms with van der Waals surface area (Å²) in [5.41, 5.74) is -11.8. The van der Waals surface area contributed by atoms with Crippen molar-refractivity contribution < 1.29 is 49.7 Å². The summed E-state index contributed by atoms with van der Waals surface area (Å²) < 4.78 is 115. The van der Waals surface area contributed by atoms with Gasteiger partial charge in [-0.15, -0.1) is 0 Å². The number of rotatable bonds is 1. The lowest BCUT2D eigenvalue weighted by atomic mass is 9.85. The highest BCUT2D eigenvalue weighted by molar-refractivity contribution is 5.48. The van der Waals surface area contributed by atoms with Gasteiger partial charge in [-0.05, 0) is 13.0 Å². The van der Waals surface area contributed by atoms with Crippen LogP contribution < -0.4 is 0 Å². The predicted octanol–water partition coefficient (Wildman–Crippen LogP) is 4.03. The Labute approximate surface area is 116 Å². The van der Waals surface area contributed by atoms with Crippen LogP contribution in [0.15, 0.2) is 12.1 Å². The Morgan fingerprint density at radius 2 is 1.23 bits per heavy atom. The summed E-state index contributed by atoms with van der Waals surface area (Å²) in [6, 6.07) is -0.0471. The highest BCUT2D eigenvalue weighted by Gasteiger charge is 2.73. The summed E-state index contributed by atoms with van der Waals surface area (Å²) in [5, 5.41) is 18.2. The zero-order chi connectivity index (χ0) is 17.7. The third-order valence-corrected chi connectivity index (χ3v) is 2.93. The van der Waals surface area contributed by atoms with Crippen LogP contribution >= 0.6 is 0 Å². The molecule has 0 fully saturated rings. The fourth-order valence-electron chi connectivity index (χ4n) is 1.83. The van der Waals surface area contributed by atoms with E-state index in [1.54, 1.807) is 0 Å². The van der Waals surface area contributed by atoms with Gasteiger partial charge in [-0.2, -0.15) is 39.5 Å². The number of aliphatic hydroxyl groups is 1. The lowest BCUT2D eigenvalue weighted by Crippen LogP contribution is -2.54. The van der Waals surface area contributed by atoms with Crippen LogP contribution in [-0.4, -0.2) is 22.6 Å². The van der Waals surface area contributed by atoms with Gasteiger partial charge in [0.25, 0.3) is 5.60 Å². The average Bonchev–Trinajstić information content (AvgIpc) is 2.26. The van der Waals surface area contributed by atoms with Gasteiger partial charge in [0.15, 0.2) is 0 Å². The molecule has 1 rings (SSSR count). The van der Waals surface area contributed by atoms with Crippen LogP contribution in [0.25, 0.3) is 0 Å². The first-order chi connectivity index (χ1) is 9.55. The highest BCUT2D eigenvalue weighted by Crippen LogP contribution is 2.54. The van der Waals surface area contributed by atoms with E-state index < -0.39 is 46.6 Å². The van der Waals surface area contributed by atoms with E-state index in [0.29, 0.717) is 6.92 Å². The van der Waals surface area contributed by atoms with E-state index in [9.17, 15) is 39.5 Å². The van der Waals surface area contributed by atoms with E-state index in [2.05, 4.69) is 0 Å². The van der Waals surface area contributed by atoms with E-state index in [0.717, 1.165) is 0 Å². The molecule has 1 aromatic rings. The van der Waals surface area contributed by atoms with Crippen LogP contribution in [0, 0.1) is 6.92 Å². The molecule has 0 heterocycles. The molecular formula is C11H7F9O2. The van der Waals surface area contributed by atoms with Gasteiger partial charge in [-0.25, -0.2) is 0 Å². The maximum atomic E-state index is 12.8. The number of phenols is 1. The molecule has 0 saturated heterocycles. The number of halogens is 9. The number of phenolic OH excluding ortho intramolecular Hbond substituents is 1. The first kappa shape index (κ1) is 18.4. The highest BCUT2D eigenvalue weighted by atomic mass is 19.4. The number of aromatic hydroxyl groups is 1. The molecule has 126 valence electrons. The normalized spacial score (nSPS) is 14.3. The van der Waals surface area contributed by atoms with Crippen molar-refractivity contribution in [2.75, 3.05) is 0 Å². The molecular weight excluding hydrogens is 335 g/mol. The molecule has 0 atom stereocenters. The SMILES string of the molecule is Cc1c(O)ccc(C(O)(C(F)(F)F)C(F)(F)F)c1C(F)(F)F. The van der Waals surface area contributed by atoms with E-state index in [4.69, 9.17) is 10.2 Å². The minimum Gasteiger partial charge on any atom is -0.508 e. The zero-order valence-corrected chi connectivity index (χ0v) is 10.5. The van der Waals surface area contributed by atoms with Gasteiger partial charge in [-0.1, -0.05) is 6.07 Å². The zero-order valence-electron chi connectivity index (χ0n) is 10.5. The monoisotopic (exact) mass is 342 g/mol. The van der Waals surface area contributed by atoms with Crippen molar-refractivity contribution in [3.8, 4) is 5.75 Å². The van der Waals surface area contributed by atoms with Crippen LogP contribution in [-0.2, 0) is 11.8 Å². The van der Waals surface area contributed by atoms with Gasteiger partial charge in [0, 0.05) is 11.1 Å². The molecule has 0 radical (unpaired) electrons. The van der Waals surface area contributed by atoms with E-state index in [1.807, 2.05) is 0 Å². The van der Waals surface area contributed by atoms with Crippen LogP contribution in [0.5, 0.6) is 5.75 Å². The fourth-order valence-corrected chi connectivity index (χ4v) is 1.83. The lowest BCUT2D eigenvalue weighted by Gasteiger charge is -2.34. The van der Waals surface area contributed by atoms with Gasteiger partial charge in [0.1, 0.15) is 5.75 Å². The summed E-state index contributed by atoms with van der Waals surface area (Å²) >= 11 is 0. The largest absolute Gasteiger partial charge is 0.508 e. The first-order valence-corrected chi connectivity index (χ1v) is 5.31. The molecule has 0 saturated carbocycles. The molecule has 22 heavy (non-hydrogen) atoms. The molecule has 0 aromatic heterocycles. The second kappa shape index (κ2) is 4.93. The second-order valence-corrected chi connectivity index (χ2v) is 4.34. The quantitative estimate of drug-likeness (QED) is 0.757. The molecule has 0 aliphatic rings. The van der Waals surface area contributed by atoms with Gasteiger partial charge >= 0.3 is 18.5 Å². The molecule has 1 aromatic carbocycles. The summed E-state index contributed by atoms with van der Waals surface area (Å²) in [4.78, 5) is 0. The first-order valence-electron chi connectivity index (χ1n) is 5.31. The molecule has 2 nitrogen and oxygen atoms in total. The number of benzene rings is 1. The van der Waals surface area contributed by atoms with Gasteiger partial charge in [-0.3, -0.25) is 0 Å². The maximum absolute atomic E-state index is 12.8. The Hall–Kier alpha value is -1.65. The van der Waals surface area contributed by atoms with Crippen LogP contribution in [0.2, 0.25) is 0 Å². The van der Waals surface area contributed by atoms with Crippen molar-refractivity contribution in [1.29, 1.82) is 0 Å². The molecule has 0 bridgehead atoms. The summed E-state index contributed by atoms with van der Waals surface area (Å²) in [5.74, 6) is -1.16. The Bertz CT molecular complexity index is 555. The summed E-state index contributed by atoms with van der Waals surface area (Å²) in [6.07, 6.45) is -18.6. The van der Waals surface area contributed by atoms with E-state index in [-0.39, 0.29) is 12.1 Å². The summed E-state index contributed by atoms with van der Waals surface area (Å²) in [6.45, 7) is 0.481.